The number of ether oxygens (including phenoxy) is 1. The number of benzene rings is 3. The van der Waals surface area contributed by atoms with Gasteiger partial charge in [0.05, 0.1) is 21.7 Å². The van der Waals surface area contributed by atoms with Gasteiger partial charge in [-0.15, -0.1) is 0 Å². The second-order valence-electron chi connectivity index (χ2n) is 6.30. The molecule has 0 unspecified atom stereocenters. The van der Waals surface area contributed by atoms with E-state index in [9.17, 15) is 14.9 Å². The fraction of sp³-hybridized carbons (Fsp3) is 0. The van der Waals surface area contributed by atoms with Crippen molar-refractivity contribution in [1.29, 1.82) is 0 Å². The predicted octanol–water partition coefficient (Wildman–Crippen LogP) is 5.84. The van der Waals surface area contributed by atoms with Crippen LogP contribution in [0.2, 0.25) is 5.02 Å². The van der Waals surface area contributed by atoms with Crippen LogP contribution in [0, 0.1) is 10.1 Å². The van der Waals surface area contributed by atoms with Gasteiger partial charge in [0.2, 0.25) is 5.75 Å². The van der Waals surface area contributed by atoms with Crippen molar-refractivity contribution in [1.82, 2.24) is 4.98 Å². The second-order valence-corrected chi connectivity index (χ2v) is 6.74. The number of amides is 1. The molecule has 4 aromatic rings. The van der Waals surface area contributed by atoms with E-state index < -0.39 is 10.8 Å². The summed E-state index contributed by atoms with van der Waals surface area (Å²) in [5, 5.41) is 15.3. The Kier molecular flexibility index (Phi) is 5.28. The fourth-order valence-corrected chi connectivity index (χ4v) is 3.14. The van der Waals surface area contributed by atoms with E-state index in [1.807, 2.05) is 24.3 Å². The van der Waals surface area contributed by atoms with Crippen molar-refractivity contribution in [2.45, 2.75) is 0 Å². The standard InChI is InChI=1S/C22H14ClN3O4/c23-15-10-11-20(18(13-15)26(28)29)30-19-9-2-1-7-16(19)22(27)25-17-8-3-5-14-6-4-12-24-21(14)17/h1-13H,(H,25,27). The first-order valence-corrected chi connectivity index (χ1v) is 9.26. The van der Waals surface area contributed by atoms with Gasteiger partial charge < -0.3 is 10.1 Å². The molecule has 1 heterocycles. The highest BCUT2D eigenvalue weighted by molar-refractivity contribution is 6.30. The Balaban J connectivity index is 1.67. The van der Waals surface area contributed by atoms with Crippen molar-refractivity contribution in [3.8, 4) is 11.5 Å². The molecule has 30 heavy (non-hydrogen) atoms. The minimum Gasteiger partial charge on any atom is -0.449 e. The zero-order valence-electron chi connectivity index (χ0n) is 15.4. The van der Waals surface area contributed by atoms with Crippen molar-refractivity contribution in [3.05, 3.63) is 99.7 Å². The van der Waals surface area contributed by atoms with Crippen molar-refractivity contribution in [3.63, 3.8) is 0 Å². The average molecular weight is 420 g/mol. The molecule has 0 spiro atoms. The molecule has 0 aliphatic rings. The van der Waals surface area contributed by atoms with Gasteiger partial charge in [0.15, 0.2) is 0 Å². The topological polar surface area (TPSA) is 94.4 Å². The minimum absolute atomic E-state index is 0.0172. The molecule has 0 saturated heterocycles. The number of nitro groups is 1. The fourth-order valence-electron chi connectivity index (χ4n) is 2.98. The molecule has 7 nitrogen and oxygen atoms in total. The van der Waals surface area contributed by atoms with Crippen LogP contribution in [0.5, 0.6) is 11.5 Å². The van der Waals surface area contributed by atoms with Gasteiger partial charge in [0, 0.05) is 22.7 Å². The molecule has 1 aromatic heterocycles. The van der Waals surface area contributed by atoms with Gasteiger partial charge in [0.1, 0.15) is 5.75 Å². The first-order chi connectivity index (χ1) is 14.5. The third kappa shape index (κ3) is 3.92. The Morgan fingerprint density at radius 1 is 1.00 bits per heavy atom. The maximum Gasteiger partial charge on any atom is 0.313 e. The number of hydrogen-bond acceptors (Lipinski definition) is 5. The number of para-hydroxylation sites is 2. The van der Waals surface area contributed by atoms with Gasteiger partial charge in [-0.25, -0.2) is 0 Å². The van der Waals surface area contributed by atoms with Crippen molar-refractivity contribution in [2.24, 2.45) is 0 Å². The molecule has 0 aliphatic heterocycles. The van der Waals surface area contributed by atoms with Crippen LogP contribution in [-0.2, 0) is 0 Å². The van der Waals surface area contributed by atoms with E-state index in [1.165, 1.54) is 18.2 Å². The highest BCUT2D eigenvalue weighted by atomic mass is 35.5. The highest BCUT2D eigenvalue weighted by Crippen LogP contribution is 2.35. The monoisotopic (exact) mass is 419 g/mol. The van der Waals surface area contributed by atoms with Crippen molar-refractivity contribution < 1.29 is 14.5 Å². The quantitative estimate of drug-likeness (QED) is 0.324. The molecule has 0 aliphatic carbocycles. The first kappa shape index (κ1) is 19.4. The predicted molar refractivity (Wildman–Crippen MR) is 114 cm³/mol. The largest absolute Gasteiger partial charge is 0.449 e. The van der Waals surface area contributed by atoms with E-state index in [0.29, 0.717) is 11.2 Å². The summed E-state index contributed by atoms with van der Waals surface area (Å²) < 4.78 is 5.73. The van der Waals surface area contributed by atoms with Gasteiger partial charge in [-0.2, -0.15) is 0 Å². The third-order valence-electron chi connectivity index (χ3n) is 4.35. The lowest BCUT2D eigenvalue weighted by Crippen LogP contribution is -2.13. The SMILES string of the molecule is O=C(Nc1cccc2cccnc12)c1ccccc1Oc1ccc(Cl)cc1[N+](=O)[O-]. The molecule has 0 atom stereocenters. The number of carbonyl (C=O) groups is 1. The molecular formula is C22H14ClN3O4. The number of aromatic nitrogens is 1. The number of fused-ring (bicyclic) bond motifs is 1. The second kappa shape index (κ2) is 8.18. The number of nitrogens with one attached hydrogen (secondary N) is 1. The summed E-state index contributed by atoms with van der Waals surface area (Å²) in [5.74, 6) is -0.273. The van der Waals surface area contributed by atoms with Crippen LogP contribution in [0.4, 0.5) is 11.4 Å². The summed E-state index contributed by atoms with van der Waals surface area (Å²) in [4.78, 5) is 28.0. The maximum atomic E-state index is 13.0. The van der Waals surface area contributed by atoms with E-state index in [0.717, 1.165) is 5.39 Å². The van der Waals surface area contributed by atoms with Crippen LogP contribution in [0.1, 0.15) is 10.4 Å². The molecule has 3 aromatic carbocycles. The molecule has 0 saturated carbocycles. The highest BCUT2D eigenvalue weighted by Gasteiger charge is 2.20. The zero-order valence-corrected chi connectivity index (χ0v) is 16.2. The summed E-state index contributed by atoms with van der Waals surface area (Å²) >= 11 is 5.85. The molecule has 1 N–H and O–H groups in total. The van der Waals surface area contributed by atoms with Crippen molar-refractivity contribution >= 4 is 39.8 Å². The Morgan fingerprint density at radius 3 is 2.63 bits per heavy atom. The summed E-state index contributed by atoms with van der Waals surface area (Å²) in [6.45, 7) is 0. The smallest absolute Gasteiger partial charge is 0.313 e. The van der Waals surface area contributed by atoms with Crippen LogP contribution >= 0.6 is 11.6 Å². The number of pyridine rings is 1. The van der Waals surface area contributed by atoms with Gasteiger partial charge in [0.25, 0.3) is 5.91 Å². The summed E-state index contributed by atoms with van der Waals surface area (Å²) in [6, 6.07) is 19.7. The Labute approximate surface area is 176 Å². The van der Waals surface area contributed by atoms with E-state index in [2.05, 4.69) is 10.3 Å². The van der Waals surface area contributed by atoms with Crippen LogP contribution < -0.4 is 10.1 Å². The molecule has 0 radical (unpaired) electrons. The van der Waals surface area contributed by atoms with E-state index in [4.69, 9.17) is 16.3 Å². The molecular weight excluding hydrogens is 406 g/mol. The Bertz CT molecular complexity index is 1270. The van der Waals surface area contributed by atoms with Crippen LogP contribution in [-0.4, -0.2) is 15.8 Å². The average Bonchev–Trinajstić information content (AvgIpc) is 2.75. The molecule has 4 rings (SSSR count). The molecule has 1 amide bonds. The lowest BCUT2D eigenvalue weighted by Gasteiger charge is -2.12. The first-order valence-electron chi connectivity index (χ1n) is 8.89. The van der Waals surface area contributed by atoms with Gasteiger partial charge in [-0.05, 0) is 36.4 Å². The lowest BCUT2D eigenvalue weighted by atomic mass is 10.1. The summed E-state index contributed by atoms with van der Waals surface area (Å²) in [7, 11) is 0. The number of rotatable bonds is 5. The third-order valence-corrected chi connectivity index (χ3v) is 4.59. The summed E-state index contributed by atoms with van der Waals surface area (Å²) in [5.41, 5.74) is 1.12. The molecule has 0 bridgehead atoms. The van der Waals surface area contributed by atoms with Gasteiger partial charge in [-0.1, -0.05) is 41.9 Å². The van der Waals surface area contributed by atoms with E-state index in [1.54, 1.807) is 36.5 Å². The van der Waals surface area contributed by atoms with Crippen LogP contribution in [0.15, 0.2) is 79.0 Å². The van der Waals surface area contributed by atoms with E-state index >= 15 is 0 Å². The molecule has 0 fully saturated rings. The number of carbonyl (C=O) groups excluding carboxylic acids is 1. The number of nitrogens with zero attached hydrogens (tertiary/aromatic N) is 2. The molecule has 8 heteroatoms. The molecule has 148 valence electrons. The number of halogens is 1. The lowest BCUT2D eigenvalue weighted by molar-refractivity contribution is -0.385. The minimum atomic E-state index is -0.592. The van der Waals surface area contributed by atoms with Crippen molar-refractivity contribution in [2.75, 3.05) is 5.32 Å². The zero-order chi connectivity index (χ0) is 21.1. The maximum absolute atomic E-state index is 13.0. The van der Waals surface area contributed by atoms with Gasteiger partial charge in [-0.3, -0.25) is 19.9 Å². The van der Waals surface area contributed by atoms with E-state index in [-0.39, 0.29) is 27.8 Å². The Hall–Kier alpha value is -3.97. The van der Waals surface area contributed by atoms with Crippen LogP contribution in [0.3, 0.4) is 0 Å². The summed E-state index contributed by atoms with van der Waals surface area (Å²) in [6.07, 6.45) is 1.65. The number of hydrogen-bond donors (Lipinski definition) is 1. The number of anilines is 1. The Morgan fingerprint density at radius 2 is 1.80 bits per heavy atom. The normalized spacial score (nSPS) is 10.6. The number of nitro benzene ring substituents is 1. The van der Waals surface area contributed by atoms with Crippen LogP contribution in [0.25, 0.3) is 10.9 Å². The van der Waals surface area contributed by atoms with Gasteiger partial charge >= 0.3 is 5.69 Å².